The molecule has 0 aliphatic heterocycles. The summed E-state index contributed by atoms with van der Waals surface area (Å²) in [6.07, 6.45) is -4.11. The van der Waals surface area contributed by atoms with Crippen LogP contribution in [-0.4, -0.2) is 30.1 Å². The topological polar surface area (TPSA) is 77.5 Å². The highest BCUT2D eigenvalue weighted by Gasteiger charge is 2.31. The van der Waals surface area contributed by atoms with E-state index in [9.17, 15) is 22.8 Å². The summed E-state index contributed by atoms with van der Waals surface area (Å²) in [7, 11) is 0. The molecule has 12 heteroatoms. The van der Waals surface area contributed by atoms with Crippen LogP contribution in [0.15, 0.2) is 30.5 Å². The number of benzene rings is 1. The van der Waals surface area contributed by atoms with Gasteiger partial charge in [-0.1, -0.05) is 34.8 Å². The van der Waals surface area contributed by atoms with Crippen molar-refractivity contribution in [3.63, 3.8) is 0 Å². The van der Waals surface area contributed by atoms with Gasteiger partial charge in [0.2, 0.25) is 0 Å². The molecule has 0 bridgehead atoms. The minimum absolute atomic E-state index is 0.182. The minimum atomic E-state index is -4.62. The molecule has 2 aromatic rings. The van der Waals surface area contributed by atoms with Crippen molar-refractivity contribution in [3.8, 4) is 5.75 Å². The highest BCUT2D eigenvalue weighted by atomic mass is 35.5. The molecule has 0 radical (unpaired) electrons. The molecular weight excluding hydrogens is 448 g/mol. The Morgan fingerprint density at radius 3 is 2.39 bits per heavy atom. The zero-order chi connectivity index (χ0) is 20.9. The van der Waals surface area contributed by atoms with E-state index >= 15 is 0 Å². The lowest BCUT2D eigenvalue weighted by molar-refractivity contribution is -0.149. The largest absolute Gasteiger partial charge is 0.480 e. The zero-order valence-electron chi connectivity index (χ0n) is 13.6. The number of pyridine rings is 1. The van der Waals surface area contributed by atoms with Crippen molar-refractivity contribution < 1.29 is 32.2 Å². The van der Waals surface area contributed by atoms with E-state index in [4.69, 9.17) is 39.5 Å². The van der Waals surface area contributed by atoms with E-state index in [1.165, 1.54) is 18.2 Å². The van der Waals surface area contributed by atoms with Crippen LogP contribution in [-0.2, 0) is 20.5 Å². The number of nitrogens with zero attached hydrogens (tertiary/aromatic N) is 1. The van der Waals surface area contributed by atoms with Crippen LogP contribution in [0, 0.1) is 0 Å². The highest BCUT2D eigenvalue weighted by Crippen LogP contribution is 2.32. The third-order valence-electron chi connectivity index (χ3n) is 3.03. The van der Waals surface area contributed by atoms with Gasteiger partial charge in [-0.15, -0.1) is 0 Å². The van der Waals surface area contributed by atoms with E-state index in [0.29, 0.717) is 17.3 Å². The Bertz CT molecular complexity index is 894. The summed E-state index contributed by atoms with van der Waals surface area (Å²) in [6.45, 7) is -1.26. The monoisotopic (exact) mass is 456 g/mol. The normalized spacial score (nSPS) is 11.1. The smallest absolute Gasteiger partial charge is 0.417 e. The van der Waals surface area contributed by atoms with Crippen LogP contribution in [0.4, 0.5) is 19.0 Å². The van der Waals surface area contributed by atoms with Gasteiger partial charge in [-0.25, -0.2) is 9.78 Å². The van der Waals surface area contributed by atoms with Gasteiger partial charge in [0.25, 0.3) is 5.91 Å². The van der Waals surface area contributed by atoms with Crippen LogP contribution in [0.3, 0.4) is 0 Å². The molecule has 6 nitrogen and oxygen atoms in total. The van der Waals surface area contributed by atoms with Gasteiger partial charge in [0.05, 0.1) is 15.6 Å². The third kappa shape index (κ3) is 6.43. The number of nitrogens with one attached hydrogen (secondary N) is 1. The van der Waals surface area contributed by atoms with Crippen molar-refractivity contribution in [2.24, 2.45) is 0 Å². The molecule has 0 aliphatic carbocycles. The predicted octanol–water partition coefficient (Wildman–Crippen LogP) is 4.62. The van der Waals surface area contributed by atoms with Crippen LogP contribution in [0.5, 0.6) is 5.75 Å². The van der Waals surface area contributed by atoms with Gasteiger partial charge in [-0.2, -0.15) is 13.2 Å². The predicted molar refractivity (Wildman–Crippen MR) is 95.8 cm³/mol. The molecule has 1 heterocycles. The molecular formula is C16H10Cl3F3N2O4. The van der Waals surface area contributed by atoms with E-state index in [1.807, 2.05) is 0 Å². The molecule has 0 unspecified atom stereocenters. The van der Waals surface area contributed by atoms with Crippen molar-refractivity contribution in [2.75, 3.05) is 18.5 Å². The van der Waals surface area contributed by atoms with Gasteiger partial charge in [0, 0.05) is 11.2 Å². The number of amides is 1. The maximum absolute atomic E-state index is 12.5. The number of hydrogen-bond donors (Lipinski definition) is 1. The maximum Gasteiger partial charge on any atom is 0.417 e. The van der Waals surface area contributed by atoms with Crippen LogP contribution in [0.25, 0.3) is 0 Å². The van der Waals surface area contributed by atoms with Gasteiger partial charge in [-0.3, -0.25) is 4.79 Å². The van der Waals surface area contributed by atoms with Crippen LogP contribution >= 0.6 is 34.8 Å². The van der Waals surface area contributed by atoms with Crippen molar-refractivity contribution in [3.05, 3.63) is 51.1 Å². The number of esters is 1. The lowest BCUT2D eigenvalue weighted by Gasteiger charge is -2.11. The first-order valence-corrected chi connectivity index (χ1v) is 8.45. The third-order valence-corrected chi connectivity index (χ3v) is 3.85. The average molecular weight is 458 g/mol. The van der Waals surface area contributed by atoms with Gasteiger partial charge < -0.3 is 14.8 Å². The van der Waals surface area contributed by atoms with Crippen molar-refractivity contribution >= 4 is 52.5 Å². The lowest BCUT2D eigenvalue weighted by Crippen LogP contribution is -2.24. The number of anilines is 1. The Morgan fingerprint density at radius 2 is 1.79 bits per heavy atom. The van der Waals surface area contributed by atoms with Crippen LogP contribution < -0.4 is 10.1 Å². The van der Waals surface area contributed by atoms with E-state index in [2.05, 4.69) is 15.0 Å². The molecule has 0 saturated carbocycles. The fourth-order valence-electron chi connectivity index (χ4n) is 1.77. The fraction of sp³-hybridized carbons (Fsp3) is 0.188. The quantitative estimate of drug-likeness (QED) is 0.641. The van der Waals surface area contributed by atoms with E-state index in [-0.39, 0.29) is 16.6 Å². The molecule has 1 aromatic heterocycles. The number of halogens is 6. The number of hydrogen-bond acceptors (Lipinski definition) is 5. The summed E-state index contributed by atoms with van der Waals surface area (Å²) in [5.41, 5.74) is -1.07. The number of carbonyl (C=O) groups is 2. The van der Waals surface area contributed by atoms with E-state index in [0.717, 1.165) is 0 Å². The summed E-state index contributed by atoms with van der Waals surface area (Å²) < 4.78 is 47.4. The lowest BCUT2D eigenvalue weighted by atomic mass is 10.3. The molecule has 150 valence electrons. The fourth-order valence-corrected chi connectivity index (χ4v) is 2.45. The standard InChI is InChI=1S/C16H10Cl3F3N2O4/c17-9-1-2-12(10(18)4-9)27-7-14(26)28-6-13(25)24-15-11(19)3-8(5-23-15)16(20,21)22/h1-5H,6-7H2,(H,23,24,25). The Morgan fingerprint density at radius 1 is 1.07 bits per heavy atom. The Balaban J connectivity index is 1.82. The summed E-state index contributed by atoms with van der Waals surface area (Å²) in [4.78, 5) is 26.8. The Labute approximate surface area is 171 Å². The first-order chi connectivity index (χ1) is 13.1. The highest BCUT2D eigenvalue weighted by molar-refractivity contribution is 6.35. The number of rotatable bonds is 6. The first-order valence-electron chi connectivity index (χ1n) is 7.32. The average Bonchev–Trinajstić information content (AvgIpc) is 2.60. The maximum atomic E-state index is 12.5. The molecule has 0 saturated heterocycles. The van der Waals surface area contributed by atoms with Gasteiger partial charge in [0.15, 0.2) is 19.0 Å². The number of alkyl halides is 3. The van der Waals surface area contributed by atoms with Crippen molar-refractivity contribution in [1.29, 1.82) is 0 Å². The van der Waals surface area contributed by atoms with Crippen LogP contribution in [0.2, 0.25) is 15.1 Å². The number of aromatic nitrogens is 1. The minimum Gasteiger partial charge on any atom is -0.480 e. The Kier molecular flexibility index (Phi) is 7.34. The first kappa shape index (κ1) is 22.1. The summed E-state index contributed by atoms with van der Waals surface area (Å²) in [5.74, 6) is -1.85. The number of carbonyl (C=O) groups excluding carboxylic acids is 2. The summed E-state index contributed by atoms with van der Waals surface area (Å²) in [5, 5.41) is 2.27. The van der Waals surface area contributed by atoms with Gasteiger partial charge >= 0.3 is 12.1 Å². The number of ether oxygens (including phenoxy) is 2. The zero-order valence-corrected chi connectivity index (χ0v) is 15.9. The summed E-state index contributed by atoms with van der Waals surface area (Å²) >= 11 is 17.3. The Hall–Kier alpha value is -2.23. The molecule has 1 aromatic carbocycles. The second-order valence-electron chi connectivity index (χ2n) is 5.12. The second kappa shape index (κ2) is 9.31. The van der Waals surface area contributed by atoms with Crippen molar-refractivity contribution in [2.45, 2.75) is 6.18 Å². The van der Waals surface area contributed by atoms with E-state index < -0.39 is 41.9 Å². The molecule has 1 amide bonds. The van der Waals surface area contributed by atoms with E-state index in [1.54, 1.807) is 0 Å². The molecule has 0 atom stereocenters. The molecule has 0 fully saturated rings. The molecule has 0 spiro atoms. The second-order valence-corrected chi connectivity index (χ2v) is 6.38. The summed E-state index contributed by atoms with van der Waals surface area (Å²) in [6, 6.07) is 4.98. The molecule has 0 aliphatic rings. The van der Waals surface area contributed by atoms with Crippen molar-refractivity contribution in [1.82, 2.24) is 4.98 Å². The van der Waals surface area contributed by atoms with Gasteiger partial charge in [0.1, 0.15) is 5.75 Å². The molecule has 2 rings (SSSR count). The van der Waals surface area contributed by atoms with Gasteiger partial charge in [-0.05, 0) is 24.3 Å². The SMILES string of the molecule is O=C(COC(=O)COc1ccc(Cl)cc1Cl)Nc1ncc(C(F)(F)F)cc1Cl. The molecule has 1 N–H and O–H groups in total. The van der Waals surface area contributed by atoms with Crippen LogP contribution in [0.1, 0.15) is 5.56 Å². The molecule has 28 heavy (non-hydrogen) atoms.